The van der Waals surface area contributed by atoms with E-state index in [4.69, 9.17) is 9.47 Å². The molecule has 160 valence electrons. The monoisotopic (exact) mass is 449 g/mol. The van der Waals surface area contributed by atoms with Crippen molar-refractivity contribution in [3.8, 4) is 17.2 Å². The Hall–Kier alpha value is -3.67. The van der Waals surface area contributed by atoms with Gasteiger partial charge < -0.3 is 9.47 Å². The van der Waals surface area contributed by atoms with Crippen LogP contribution in [0.3, 0.4) is 0 Å². The number of hydrogen-bond acceptors (Lipinski definition) is 7. The Morgan fingerprint density at radius 3 is 2.71 bits per heavy atom. The number of aromatic amines is 1. The van der Waals surface area contributed by atoms with Crippen LogP contribution in [0.5, 0.6) is 17.2 Å². The Morgan fingerprint density at radius 2 is 2.03 bits per heavy atom. The van der Waals surface area contributed by atoms with Crippen LogP contribution in [0, 0.1) is 6.92 Å². The maximum Gasteiger partial charge on any atom is 0.416 e. The highest BCUT2D eigenvalue weighted by atomic mass is 32.1. The van der Waals surface area contributed by atoms with Gasteiger partial charge in [-0.1, -0.05) is 11.2 Å². The minimum atomic E-state index is -4.53. The Balaban J connectivity index is 1.82. The van der Waals surface area contributed by atoms with Crippen molar-refractivity contribution in [3.05, 3.63) is 52.4 Å². The van der Waals surface area contributed by atoms with Gasteiger partial charge in [-0.15, -0.1) is 16.4 Å². The standard InChI is InChI=1S/C19H14F3N5O3S/c1-9-6-14-12(8-13(9)29-2)15(16(31-14)17(28)23-18-24-26-27-25-18)30-11-5-3-4-10(7-11)19(20,21)22/h3-8H,1-2H3,(H2,23,24,25,26,27,28). The molecule has 4 rings (SSSR count). The number of rotatable bonds is 5. The van der Waals surface area contributed by atoms with Gasteiger partial charge in [0.05, 0.1) is 12.7 Å². The van der Waals surface area contributed by atoms with Crippen molar-refractivity contribution in [3.63, 3.8) is 0 Å². The summed E-state index contributed by atoms with van der Waals surface area (Å²) in [6.45, 7) is 1.84. The molecule has 2 N–H and O–H groups in total. The second-order valence-electron chi connectivity index (χ2n) is 6.40. The van der Waals surface area contributed by atoms with Crippen molar-refractivity contribution in [2.24, 2.45) is 0 Å². The highest BCUT2D eigenvalue weighted by Gasteiger charge is 2.31. The predicted octanol–water partition coefficient (Wildman–Crippen LogP) is 4.79. The lowest BCUT2D eigenvalue weighted by molar-refractivity contribution is -0.137. The van der Waals surface area contributed by atoms with E-state index in [0.717, 1.165) is 29.0 Å². The maximum atomic E-state index is 13.1. The van der Waals surface area contributed by atoms with Crippen LogP contribution in [0.4, 0.5) is 19.1 Å². The first-order chi connectivity index (χ1) is 14.8. The first kappa shape index (κ1) is 20.6. The molecule has 0 bridgehead atoms. The average Bonchev–Trinajstić information content (AvgIpc) is 3.35. The Bertz CT molecular complexity index is 1250. The summed E-state index contributed by atoms with van der Waals surface area (Å²) in [6.07, 6.45) is -4.53. The van der Waals surface area contributed by atoms with Gasteiger partial charge in [0.2, 0.25) is 0 Å². The van der Waals surface area contributed by atoms with E-state index in [0.29, 0.717) is 15.8 Å². The van der Waals surface area contributed by atoms with Crippen LogP contribution in [0.2, 0.25) is 0 Å². The van der Waals surface area contributed by atoms with Gasteiger partial charge in [-0.25, -0.2) is 0 Å². The number of thiophene rings is 1. The number of carbonyl (C=O) groups is 1. The van der Waals surface area contributed by atoms with E-state index in [1.54, 1.807) is 6.07 Å². The number of benzene rings is 2. The molecule has 2 aromatic heterocycles. The molecule has 8 nitrogen and oxygen atoms in total. The molecular formula is C19H14F3N5O3S. The second kappa shape index (κ2) is 7.87. The van der Waals surface area contributed by atoms with Crippen LogP contribution >= 0.6 is 11.3 Å². The van der Waals surface area contributed by atoms with Crippen molar-refractivity contribution in [2.45, 2.75) is 13.1 Å². The molecule has 4 aromatic rings. The number of nitrogens with zero attached hydrogens (tertiary/aromatic N) is 3. The van der Waals surface area contributed by atoms with Crippen LogP contribution in [-0.4, -0.2) is 33.6 Å². The molecule has 0 saturated carbocycles. The maximum absolute atomic E-state index is 13.1. The molecule has 0 radical (unpaired) electrons. The number of alkyl halides is 3. The number of halogens is 3. The number of hydrogen-bond donors (Lipinski definition) is 2. The third-order valence-corrected chi connectivity index (χ3v) is 5.45. The summed E-state index contributed by atoms with van der Waals surface area (Å²) in [4.78, 5) is 13.0. The zero-order chi connectivity index (χ0) is 22.2. The Kier molecular flexibility index (Phi) is 5.23. The topological polar surface area (TPSA) is 102 Å². The molecule has 0 fully saturated rings. The molecular weight excluding hydrogens is 435 g/mol. The third-order valence-electron chi connectivity index (χ3n) is 4.32. The fourth-order valence-corrected chi connectivity index (χ4v) is 4.00. The quantitative estimate of drug-likeness (QED) is 0.454. The summed E-state index contributed by atoms with van der Waals surface area (Å²) >= 11 is 1.12. The van der Waals surface area contributed by atoms with Gasteiger partial charge in [-0.3, -0.25) is 10.1 Å². The molecule has 0 spiro atoms. The van der Waals surface area contributed by atoms with Crippen molar-refractivity contribution in [1.82, 2.24) is 20.6 Å². The van der Waals surface area contributed by atoms with E-state index in [1.165, 1.54) is 19.2 Å². The van der Waals surface area contributed by atoms with Crippen LogP contribution in [0.1, 0.15) is 20.8 Å². The lowest BCUT2D eigenvalue weighted by atomic mass is 10.1. The highest BCUT2D eigenvalue weighted by molar-refractivity contribution is 7.21. The van der Waals surface area contributed by atoms with Gasteiger partial charge in [0.25, 0.3) is 11.9 Å². The molecule has 0 saturated heterocycles. The van der Waals surface area contributed by atoms with Gasteiger partial charge in [0.1, 0.15) is 16.4 Å². The van der Waals surface area contributed by atoms with E-state index in [2.05, 4.69) is 25.9 Å². The minimum Gasteiger partial charge on any atom is -0.496 e. The van der Waals surface area contributed by atoms with Gasteiger partial charge in [0, 0.05) is 10.1 Å². The molecule has 2 aromatic carbocycles. The molecule has 1 amide bonds. The zero-order valence-corrected chi connectivity index (χ0v) is 16.9. The number of nitrogens with one attached hydrogen (secondary N) is 2. The van der Waals surface area contributed by atoms with Crippen molar-refractivity contribution < 1.29 is 27.4 Å². The number of aromatic nitrogens is 4. The molecule has 12 heteroatoms. The lowest BCUT2D eigenvalue weighted by Crippen LogP contribution is -2.12. The van der Waals surface area contributed by atoms with Gasteiger partial charge >= 0.3 is 6.18 Å². The second-order valence-corrected chi connectivity index (χ2v) is 7.45. The van der Waals surface area contributed by atoms with E-state index in [9.17, 15) is 18.0 Å². The summed E-state index contributed by atoms with van der Waals surface area (Å²) in [5.74, 6) is -0.0759. The molecule has 0 aliphatic rings. The number of H-pyrrole nitrogens is 1. The first-order valence-corrected chi connectivity index (χ1v) is 9.59. The largest absolute Gasteiger partial charge is 0.496 e. The molecule has 2 heterocycles. The van der Waals surface area contributed by atoms with Crippen molar-refractivity contribution >= 4 is 33.3 Å². The number of anilines is 1. The van der Waals surface area contributed by atoms with E-state index in [1.807, 2.05) is 13.0 Å². The average molecular weight is 449 g/mol. The van der Waals surface area contributed by atoms with Crippen LogP contribution in [0.15, 0.2) is 36.4 Å². The molecule has 0 atom stereocenters. The summed E-state index contributed by atoms with van der Waals surface area (Å²) in [6, 6.07) is 7.91. The number of amides is 1. The smallest absolute Gasteiger partial charge is 0.416 e. The number of fused-ring (bicyclic) bond motifs is 1. The van der Waals surface area contributed by atoms with Crippen LogP contribution in [-0.2, 0) is 6.18 Å². The summed E-state index contributed by atoms with van der Waals surface area (Å²) < 4.78 is 51.2. The van der Waals surface area contributed by atoms with E-state index in [-0.39, 0.29) is 22.3 Å². The van der Waals surface area contributed by atoms with Crippen molar-refractivity contribution in [2.75, 3.05) is 12.4 Å². The number of carbonyl (C=O) groups excluding carboxylic acids is 1. The summed E-state index contributed by atoms with van der Waals surface area (Å²) in [7, 11) is 1.50. The fraction of sp³-hybridized carbons (Fsp3) is 0.158. The first-order valence-electron chi connectivity index (χ1n) is 8.77. The zero-order valence-electron chi connectivity index (χ0n) is 16.1. The Morgan fingerprint density at radius 1 is 1.23 bits per heavy atom. The lowest BCUT2D eigenvalue weighted by Gasteiger charge is -2.11. The number of tetrazole rings is 1. The van der Waals surface area contributed by atoms with E-state index < -0.39 is 17.6 Å². The van der Waals surface area contributed by atoms with E-state index >= 15 is 0 Å². The summed E-state index contributed by atoms with van der Waals surface area (Å²) in [5, 5.41) is 15.9. The molecule has 31 heavy (non-hydrogen) atoms. The normalized spacial score (nSPS) is 11.5. The molecule has 0 aliphatic heterocycles. The molecule has 0 aliphatic carbocycles. The number of aryl methyl sites for hydroxylation is 1. The SMILES string of the molecule is COc1cc2c(Oc3cccc(C(F)(F)F)c3)c(C(=O)Nc3nn[nH]n3)sc2cc1C. The van der Waals surface area contributed by atoms with Gasteiger partial charge in [-0.05, 0) is 48.0 Å². The Labute approximate surface area is 177 Å². The molecule has 0 unspecified atom stereocenters. The van der Waals surface area contributed by atoms with Crippen LogP contribution < -0.4 is 14.8 Å². The predicted molar refractivity (Wildman–Crippen MR) is 107 cm³/mol. The van der Waals surface area contributed by atoms with Gasteiger partial charge in [-0.2, -0.15) is 18.4 Å². The van der Waals surface area contributed by atoms with Crippen LogP contribution in [0.25, 0.3) is 10.1 Å². The number of methoxy groups -OCH3 is 1. The summed E-state index contributed by atoms with van der Waals surface area (Å²) in [5.41, 5.74) is -0.0391. The van der Waals surface area contributed by atoms with Crippen molar-refractivity contribution in [1.29, 1.82) is 0 Å². The fourth-order valence-electron chi connectivity index (χ4n) is 2.90. The highest BCUT2D eigenvalue weighted by Crippen LogP contribution is 2.43. The van der Waals surface area contributed by atoms with Gasteiger partial charge in [0.15, 0.2) is 5.75 Å². The number of ether oxygens (including phenoxy) is 2. The third kappa shape index (κ3) is 4.14. The minimum absolute atomic E-state index is 0.0544.